The van der Waals surface area contributed by atoms with Gasteiger partial charge in [-0.2, -0.15) is 0 Å². The van der Waals surface area contributed by atoms with Gasteiger partial charge in [-0.05, 0) is 43.7 Å². The highest BCUT2D eigenvalue weighted by atomic mass is 35.5. The number of sulfonamides is 1. The Morgan fingerprint density at radius 2 is 2.04 bits per heavy atom. The lowest BCUT2D eigenvalue weighted by Gasteiger charge is -2.24. The van der Waals surface area contributed by atoms with Gasteiger partial charge in [0.25, 0.3) is 5.91 Å². The van der Waals surface area contributed by atoms with Crippen LogP contribution in [0.15, 0.2) is 36.5 Å². The standard InChI is InChI=1S/C16H19ClN4O3S/c1-3-25(23,24)21(14-7-4-11(2)15(17)8-14)10-13-6-5-12(9-19-13)16(22)20-18/h4-9H,3,10,18H2,1-2H3,(H,20,22). The summed E-state index contributed by atoms with van der Waals surface area (Å²) in [5.41, 5.74) is 4.10. The van der Waals surface area contributed by atoms with Gasteiger partial charge in [0.05, 0.1) is 29.2 Å². The molecule has 0 unspecified atom stereocenters. The minimum Gasteiger partial charge on any atom is -0.290 e. The number of hydrazine groups is 1. The number of nitrogens with zero attached hydrogens (tertiary/aromatic N) is 2. The fourth-order valence-corrected chi connectivity index (χ4v) is 3.38. The number of hydrogen-bond donors (Lipinski definition) is 2. The van der Waals surface area contributed by atoms with Crippen molar-refractivity contribution in [2.75, 3.05) is 10.1 Å². The second-order valence-electron chi connectivity index (χ2n) is 5.35. The number of anilines is 1. The van der Waals surface area contributed by atoms with E-state index in [2.05, 4.69) is 4.98 Å². The number of aromatic nitrogens is 1. The van der Waals surface area contributed by atoms with E-state index < -0.39 is 15.9 Å². The number of amides is 1. The second kappa shape index (κ2) is 7.81. The fourth-order valence-electron chi connectivity index (χ4n) is 2.13. The molecule has 0 saturated heterocycles. The molecule has 2 aromatic rings. The molecule has 134 valence electrons. The average Bonchev–Trinajstić information content (AvgIpc) is 2.61. The fraction of sp³-hybridized carbons (Fsp3) is 0.250. The number of carbonyl (C=O) groups excluding carboxylic acids is 1. The van der Waals surface area contributed by atoms with Crippen molar-refractivity contribution in [1.82, 2.24) is 10.4 Å². The van der Waals surface area contributed by atoms with Crippen LogP contribution in [0, 0.1) is 6.92 Å². The number of carbonyl (C=O) groups is 1. The van der Waals surface area contributed by atoms with Gasteiger partial charge in [-0.15, -0.1) is 0 Å². The van der Waals surface area contributed by atoms with Crippen molar-refractivity contribution in [2.45, 2.75) is 20.4 Å². The second-order valence-corrected chi connectivity index (χ2v) is 7.94. The van der Waals surface area contributed by atoms with Crippen LogP contribution in [-0.4, -0.2) is 25.1 Å². The third-order valence-corrected chi connectivity index (χ3v) is 5.82. The molecular weight excluding hydrogens is 364 g/mol. The molecule has 0 aliphatic carbocycles. The maximum atomic E-state index is 12.5. The summed E-state index contributed by atoms with van der Waals surface area (Å²) < 4.78 is 26.2. The molecule has 1 heterocycles. The number of nitrogen functional groups attached to an aromatic ring is 1. The Bertz CT molecular complexity index is 869. The lowest BCUT2D eigenvalue weighted by atomic mass is 10.2. The van der Waals surface area contributed by atoms with Gasteiger partial charge in [-0.3, -0.25) is 19.5 Å². The largest absolute Gasteiger partial charge is 0.290 e. The summed E-state index contributed by atoms with van der Waals surface area (Å²) in [6.07, 6.45) is 1.34. The van der Waals surface area contributed by atoms with Gasteiger partial charge in [0.15, 0.2) is 0 Å². The predicted octanol–water partition coefficient (Wildman–Crippen LogP) is 2.00. The highest BCUT2D eigenvalue weighted by molar-refractivity contribution is 7.92. The van der Waals surface area contributed by atoms with Gasteiger partial charge in [-0.25, -0.2) is 14.3 Å². The molecule has 9 heteroatoms. The van der Waals surface area contributed by atoms with Crippen molar-refractivity contribution < 1.29 is 13.2 Å². The molecule has 2 rings (SSSR count). The van der Waals surface area contributed by atoms with Crippen molar-refractivity contribution in [3.8, 4) is 0 Å². The number of nitrogens with one attached hydrogen (secondary N) is 1. The zero-order valence-electron chi connectivity index (χ0n) is 13.9. The van der Waals surface area contributed by atoms with E-state index in [-0.39, 0.29) is 17.9 Å². The maximum absolute atomic E-state index is 12.5. The number of benzene rings is 1. The lowest BCUT2D eigenvalue weighted by molar-refractivity contribution is 0.0953. The van der Waals surface area contributed by atoms with Gasteiger partial charge in [0, 0.05) is 11.2 Å². The Morgan fingerprint density at radius 1 is 1.32 bits per heavy atom. The molecule has 0 aliphatic heterocycles. The molecule has 0 radical (unpaired) electrons. The van der Waals surface area contributed by atoms with E-state index in [9.17, 15) is 13.2 Å². The van der Waals surface area contributed by atoms with Crippen LogP contribution < -0.4 is 15.6 Å². The monoisotopic (exact) mass is 382 g/mol. The predicted molar refractivity (Wildman–Crippen MR) is 97.7 cm³/mol. The van der Waals surface area contributed by atoms with Crippen LogP contribution in [0.2, 0.25) is 5.02 Å². The van der Waals surface area contributed by atoms with Crippen LogP contribution in [0.25, 0.3) is 0 Å². The van der Waals surface area contributed by atoms with Crippen LogP contribution >= 0.6 is 11.6 Å². The first-order valence-corrected chi connectivity index (χ1v) is 9.49. The Labute approximate surface area is 151 Å². The molecule has 0 saturated carbocycles. The van der Waals surface area contributed by atoms with E-state index in [1.807, 2.05) is 12.3 Å². The Balaban J connectivity index is 2.37. The molecular formula is C16H19ClN4O3S. The third kappa shape index (κ3) is 4.47. The average molecular weight is 383 g/mol. The normalized spacial score (nSPS) is 11.2. The highest BCUT2D eigenvalue weighted by Crippen LogP contribution is 2.26. The molecule has 0 fully saturated rings. The first-order chi connectivity index (χ1) is 11.8. The zero-order chi connectivity index (χ0) is 18.6. The van der Waals surface area contributed by atoms with Crippen molar-refractivity contribution in [3.05, 3.63) is 58.4 Å². The molecule has 1 aromatic carbocycles. The quantitative estimate of drug-likeness (QED) is 0.451. The smallest absolute Gasteiger partial charge is 0.266 e. The van der Waals surface area contributed by atoms with Gasteiger partial charge < -0.3 is 0 Å². The van der Waals surface area contributed by atoms with E-state index >= 15 is 0 Å². The van der Waals surface area contributed by atoms with Crippen molar-refractivity contribution >= 4 is 33.2 Å². The molecule has 25 heavy (non-hydrogen) atoms. The van der Waals surface area contributed by atoms with E-state index in [0.29, 0.717) is 16.4 Å². The minimum absolute atomic E-state index is 0.0279. The summed E-state index contributed by atoms with van der Waals surface area (Å²) >= 11 is 6.13. The Hall–Kier alpha value is -2.16. The van der Waals surface area contributed by atoms with Crippen molar-refractivity contribution in [2.24, 2.45) is 5.84 Å². The number of hydrogen-bond acceptors (Lipinski definition) is 5. The molecule has 7 nitrogen and oxygen atoms in total. The molecule has 0 bridgehead atoms. The number of halogens is 1. The first-order valence-electron chi connectivity index (χ1n) is 7.51. The highest BCUT2D eigenvalue weighted by Gasteiger charge is 2.22. The van der Waals surface area contributed by atoms with Crippen LogP contribution in [0.5, 0.6) is 0 Å². The summed E-state index contributed by atoms with van der Waals surface area (Å²) in [4.78, 5) is 15.6. The number of nitrogens with two attached hydrogens (primary N) is 1. The summed E-state index contributed by atoms with van der Waals surface area (Å²) in [6.45, 7) is 3.44. The summed E-state index contributed by atoms with van der Waals surface area (Å²) in [6, 6.07) is 8.19. The van der Waals surface area contributed by atoms with Gasteiger partial charge in [-0.1, -0.05) is 17.7 Å². The summed E-state index contributed by atoms with van der Waals surface area (Å²) in [7, 11) is -3.54. The molecule has 3 N–H and O–H groups in total. The molecule has 1 amide bonds. The summed E-state index contributed by atoms with van der Waals surface area (Å²) in [5.74, 6) is 4.54. The van der Waals surface area contributed by atoms with Gasteiger partial charge in [0.2, 0.25) is 10.0 Å². The first kappa shape index (κ1) is 19.2. The lowest BCUT2D eigenvalue weighted by Crippen LogP contribution is -2.32. The topological polar surface area (TPSA) is 105 Å². The van der Waals surface area contributed by atoms with Gasteiger partial charge in [0.1, 0.15) is 0 Å². The molecule has 0 atom stereocenters. The Kier molecular flexibility index (Phi) is 5.99. The van der Waals surface area contributed by atoms with Crippen molar-refractivity contribution in [3.63, 3.8) is 0 Å². The maximum Gasteiger partial charge on any atom is 0.266 e. The van der Waals surface area contributed by atoms with Crippen molar-refractivity contribution in [1.29, 1.82) is 0 Å². The van der Waals surface area contributed by atoms with Crippen LogP contribution in [0.3, 0.4) is 0 Å². The molecule has 0 spiro atoms. The van der Waals surface area contributed by atoms with Crippen LogP contribution in [-0.2, 0) is 16.6 Å². The minimum atomic E-state index is -3.54. The van der Waals surface area contributed by atoms with E-state index in [1.165, 1.54) is 16.6 Å². The molecule has 1 aromatic heterocycles. The van der Waals surface area contributed by atoms with E-state index in [1.54, 1.807) is 31.2 Å². The molecule has 0 aliphatic rings. The zero-order valence-corrected chi connectivity index (χ0v) is 15.4. The number of rotatable bonds is 6. The Morgan fingerprint density at radius 3 is 2.56 bits per heavy atom. The SMILES string of the molecule is CCS(=O)(=O)N(Cc1ccc(C(=O)NN)cn1)c1ccc(C)c(Cl)c1. The van der Waals surface area contributed by atoms with E-state index in [4.69, 9.17) is 17.4 Å². The van der Waals surface area contributed by atoms with Crippen LogP contribution in [0.4, 0.5) is 5.69 Å². The third-order valence-electron chi connectivity index (χ3n) is 3.67. The number of aryl methyl sites for hydroxylation is 1. The van der Waals surface area contributed by atoms with Crippen LogP contribution in [0.1, 0.15) is 28.5 Å². The summed E-state index contributed by atoms with van der Waals surface area (Å²) in [5, 5.41) is 0.483. The van der Waals surface area contributed by atoms with Gasteiger partial charge >= 0.3 is 0 Å². The van der Waals surface area contributed by atoms with E-state index in [0.717, 1.165) is 5.56 Å². The number of pyridine rings is 1.